The molecule has 1 rings (SSSR count). The third-order valence-electron chi connectivity index (χ3n) is 2.54. The molecule has 0 heterocycles. The number of aliphatic hydroxyl groups excluding tert-OH is 1. The molecule has 0 spiro atoms. The molecule has 15 heavy (non-hydrogen) atoms. The van der Waals surface area contributed by atoms with Crippen LogP contribution in [0.15, 0.2) is 6.07 Å². The number of hydrogen-bond donors (Lipinski definition) is 1. The van der Waals surface area contributed by atoms with E-state index in [1.54, 1.807) is 14.0 Å². The van der Waals surface area contributed by atoms with Crippen molar-refractivity contribution in [2.24, 2.45) is 0 Å². The van der Waals surface area contributed by atoms with Crippen molar-refractivity contribution < 1.29 is 9.84 Å². The molecule has 1 atom stereocenters. The van der Waals surface area contributed by atoms with Crippen LogP contribution in [0.1, 0.15) is 23.6 Å². The van der Waals surface area contributed by atoms with Crippen LogP contribution in [-0.2, 0) is 6.42 Å². The lowest BCUT2D eigenvalue weighted by Gasteiger charge is -2.15. The number of halogens is 1. The predicted octanol–water partition coefficient (Wildman–Crippen LogP) is 2.89. The lowest BCUT2D eigenvalue weighted by atomic mass is 9.97. The summed E-state index contributed by atoms with van der Waals surface area (Å²) in [6, 6.07) is 1.91. The third kappa shape index (κ3) is 2.64. The standard InChI is InChI=1S/C12H17ClO2/c1-7-5-11(15-4)12(13)9(3)10(7)6-8(2)14/h5,8,14H,6H2,1-4H3. The van der Waals surface area contributed by atoms with E-state index < -0.39 is 0 Å². The Kier molecular flexibility index (Phi) is 4.00. The van der Waals surface area contributed by atoms with Gasteiger partial charge in [-0.05, 0) is 49.9 Å². The van der Waals surface area contributed by atoms with Gasteiger partial charge in [-0.2, -0.15) is 0 Å². The van der Waals surface area contributed by atoms with Crippen molar-refractivity contribution in [3.8, 4) is 5.75 Å². The van der Waals surface area contributed by atoms with Crippen molar-refractivity contribution in [3.63, 3.8) is 0 Å². The fraction of sp³-hybridized carbons (Fsp3) is 0.500. The van der Waals surface area contributed by atoms with E-state index in [9.17, 15) is 5.11 Å². The van der Waals surface area contributed by atoms with Crippen LogP contribution in [0, 0.1) is 13.8 Å². The second kappa shape index (κ2) is 4.86. The van der Waals surface area contributed by atoms with Crippen molar-refractivity contribution in [3.05, 3.63) is 27.8 Å². The monoisotopic (exact) mass is 228 g/mol. The second-order valence-corrected chi connectivity index (χ2v) is 4.24. The summed E-state index contributed by atoms with van der Waals surface area (Å²) in [4.78, 5) is 0. The molecule has 1 N–H and O–H groups in total. The maximum Gasteiger partial charge on any atom is 0.138 e. The molecule has 0 bridgehead atoms. The Morgan fingerprint density at radius 2 is 2.07 bits per heavy atom. The third-order valence-corrected chi connectivity index (χ3v) is 3.01. The largest absolute Gasteiger partial charge is 0.495 e. The zero-order chi connectivity index (χ0) is 11.6. The van der Waals surface area contributed by atoms with E-state index in [0.717, 1.165) is 16.7 Å². The van der Waals surface area contributed by atoms with E-state index in [0.29, 0.717) is 17.2 Å². The molecule has 1 aromatic carbocycles. The fourth-order valence-electron chi connectivity index (χ4n) is 1.72. The average molecular weight is 229 g/mol. The first-order valence-corrected chi connectivity index (χ1v) is 5.35. The van der Waals surface area contributed by atoms with Crippen molar-refractivity contribution in [2.45, 2.75) is 33.3 Å². The normalized spacial score (nSPS) is 12.7. The highest BCUT2D eigenvalue weighted by atomic mass is 35.5. The summed E-state index contributed by atoms with van der Waals surface area (Å²) < 4.78 is 5.17. The summed E-state index contributed by atoms with van der Waals surface area (Å²) >= 11 is 6.15. The number of aryl methyl sites for hydroxylation is 1. The van der Waals surface area contributed by atoms with Crippen molar-refractivity contribution >= 4 is 11.6 Å². The van der Waals surface area contributed by atoms with Crippen LogP contribution in [0.5, 0.6) is 5.75 Å². The molecule has 0 saturated heterocycles. The quantitative estimate of drug-likeness (QED) is 0.862. The van der Waals surface area contributed by atoms with Crippen LogP contribution < -0.4 is 4.74 Å². The highest BCUT2D eigenvalue weighted by Gasteiger charge is 2.13. The Hall–Kier alpha value is -0.730. The van der Waals surface area contributed by atoms with Gasteiger partial charge in [0.2, 0.25) is 0 Å². The van der Waals surface area contributed by atoms with E-state index in [-0.39, 0.29) is 6.10 Å². The van der Waals surface area contributed by atoms with E-state index in [1.165, 1.54) is 0 Å². The molecule has 0 fully saturated rings. The molecule has 0 saturated carbocycles. The lowest BCUT2D eigenvalue weighted by molar-refractivity contribution is 0.195. The summed E-state index contributed by atoms with van der Waals surface area (Å²) in [6.07, 6.45) is 0.272. The van der Waals surface area contributed by atoms with Crippen LogP contribution in [0.2, 0.25) is 5.02 Å². The minimum atomic E-state index is -0.355. The summed E-state index contributed by atoms with van der Waals surface area (Å²) in [5.41, 5.74) is 3.21. The molecule has 1 aromatic rings. The molecule has 0 aliphatic rings. The van der Waals surface area contributed by atoms with E-state index in [2.05, 4.69) is 0 Å². The summed E-state index contributed by atoms with van der Waals surface area (Å²) in [5.74, 6) is 0.695. The Labute approximate surface area is 95.8 Å². The Morgan fingerprint density at radius 1 is 1.47 bits per heavy atom. The predicted molar refractivity (Wildman–Crippen MR) is 62.9 cm³/mol. The molecular weight excluding hydrogens is 212 g/mol. The molecule has 0 amide bonds. The van der Waals surface area contributed by atoms with Crippen LogP contribution in [0.3, 0.4) is 0 Å². The minimum Gasteiger partial charge on any atom is -0.495 e. The van der Waals surface area contributed by atoms with Crippen LogP contribution in [0.25, 0.3) is 0 Å². The van der Waals surface area contributed by atoms with Gasteiger partial charge in [-0.3, -0.25) is 0 Å². The maximum atomic E-state index is 9.40. The fourth-order valence-corrected chi connectivity index (χ4v) is 1.96. The van der Waals surface area contributed by atoms with Gasteiger partial charge in [0.1, 0.15) is 5.75 Å². The van der Waals surface area contributed by atoms with Gasteiger partial charge >= 0.3 is 0 Å². The molecule has 2 nitrogen and oxygen atoms in total. The van der Waals surface area contributed by atoms with Crippen molar-refractivity contribution in [2.75, 3.05) is 7.11 Å². The second-order valence-electron chi connectivity index (χ2n) is 3.87. The summed E-state index contributed by atoms with van der Waals surface area (Å²) in [6.45, 7) is 5.73. The zero-order valence-electron chi connectivity index (χ0n) is 9.60. The van der Waals surface area contributed by atoms with Gasteiger partial charge in [-0.15, -0.1) is 0 Å². The van der Waals surface area contributed by atoms with Crippen molar-refractivity contribution in [1.29, 1.82) is 0 Å². The van der Waals surface area contributed by atoms with E-state index in [4.69, 9.17) is 16.3 Å². The number of benzene rings is 1. The van der Waals surface area contributed by atoms with Crippen LogP contribution in [-0.4, -0.2) is 18.3 Å². The minimum absolute atomic E-state index is 0.355. The maximum absolute atomic E-state index is 9.40. The molecule has 0 aromatic heterocycles. The van der Waals surface area contributed by atoms with Gasteiger partial charge in [0.05, 0.1) is 18.2 Å². The van der Waals surface area contributed by atoms with Crippen LogP contribution in [0.4, 0.5) is 0 Å². The molecule has 0 aliphatic heterocycles. The molecule has 0 radical (unpaired) electrons. The summed E-state index contributed by atoms with van der Waals surface area (Å²) in [5, 5.41) is 10.0. The highest BCUT2D eigenvalue weighted by molar-refractivity contribution is 6.33. The van der Waals surface area contributed by atoms with E-state index >= 15 is 0 Å². The molecule has 84 valence electrons. The highest BCUT2D eigenvalue weighted by Crippen LogP contribution is 2.33. The van der Waals surface area contributed by atoms with Gasteiger partial charge in [-0.25, -0.2) is 0 Å². The molecular formula is C12H17ClO2. The van der Waals surface area contributed by atoms with Gasteiger partial charge in [0.25, 0.3) is 0 Å². The van der Waals surface area contributed by atoms with Gasteiger partial charge in [0, 0.05) is 0 Å². The lowest BCUT2D eigenvalue weighted by Crippen LogP contribution is -2.08. The number of aliphatic hydroxyl groups is 1. The molecule has 0 aliphatic carbocycles. The zero-order valence-corrected chi connectivity index (χ0v) is 10.4. The first-order chi connectivity index (χ1) is 6.97. The number of rotatable bonds is 3. The first kappa shape index (κ1) is 12.3. The van der Waals surface area contributed by atoms with Crippen LogP contribution >= 0.6 is 11.6 Å². The SMILES string of the molecule is COc1cc(C)c(CC(C)O)c(C)c1Cl. The average Bonchev–Trinajstić information content (AvgIpc) is 2.18. The first-order valence-electron chi connectivity index (χ1n) is 4.98. The topological polar surface area (TPSA) is 29.5 Å². The number of methoxy groups -OCH3 is 1. The number of ether oxygens (including phenoxy) is 1. The van der Waals surface area contributed by atoms with Gasteiger partial charge < -0.3 is 9.84 Å². The Balaban J connectivity index is 3.23. The summed E-state index contributed by atoms with van der Waals surface area (Å²) in [7, 11) is 1.61. The smallest absolute Gasteiger partial charge is 0.138 e. The van der Waals surface area contributed by atoms with Gasteiger partial charge in [-0.1, -0.05) is 11.6 Å². The number of hydrogen-bond acceptors (Lipinski definition) is 2. The Bertz CT molecular complexity index is 359. The van der Waals surface area contributed by atoms with Crippen molar-refractivity contribution in [1.82, 2.24) is 0 Å². The Morgan fingerprint density at radius 3 is 2.53 bits per heavy atom. The van der Waals surface area contributed by atoms with E-state index in [1.807, 2.05) is 19.9 Å². The molecule has 1 unspecified atom stereocenters. The molecule has 3 heteroatoms. The van der Waals surface area contributed by atoms with Gasteiger partial charge in [0.15, 0.2) is 0 Å².